The number of carbonyl (C=O) groups is 1. The highest BCUT2D eigenvalue weighted by Crippen LogP contribution is 2.17. The molecule has 1 aromatic carbocycles. The predicted octanol–water partition coefficient (Wildman–Crippen LogP) is 2.91. The van der Waals surface area contributed by atoms with Gasteiger partial charge in [0.25, 0.3) is 5.91 Å². The molecule has 4 heteroatoms. The zero-order chi connectivity index (χ0) is 12.7. The highest BCUT2D eigenvalue weighted by molar-refractivity contribution is 9.10. The maximum Gasteiger partial charge on any atom is 0.252 e. The number of hydrogen-bond acceptors (Lipinski definition) is 2. The van der Waals surface area contributed by atoms with Gasteiger partial charge in [0, 0.05) is 24.2 Å². The van der Waals surface area contributed by atoms with Crippen molar-refractivity contribution in [3.05, 3.63) is 33.8 Å². The third-order valence-electron chi connectivity index (χ3n) is 2.32. The van der Waals surface area contributed by atoms with Gasteiger partial charge in [-0.05, 0) is 48.3 Å². The molecule has 0 fully saturated rings. The van der Waals surface area contributed by atoms with Crippen LogP contribution in [-0.2, 0) is 4.74 Å². The molecule has 0 heterocycles. The Morgan fingerprint density at radius 1 is 1.47 bits per heavy atom. The first kappa shape index (κ1) is 14.2. The van der Waals surface area contributed by atoms with Crippen molar-refractivity contribution in [1.29, 1.82) is 0 Å². The van der Waals surface area contributed by atoms with Crippen molar-refractivity contribution in [3.63, 3.8) is 0 Å². The second-order valence-electron chi connectivity index (χ2n) is 3.79. The molecule has 0 saturated carbocycles. The van der Waals surface area contributed by atoms with Gasteiger partial charge in [0.15, 0.2) is 0 Å². The summed E-state index contributed by atoms with van der Waals surface area (Å²) in [6.07, 6.45) is 0.836. The third-order valence-corrected chi connectivity index (χ3v) is 3.01. The first-order chi connectivity index (χ1) is 8.15. The maximum absolute atomic E-state index is 11.9. The molecule has 0 spiro atoms. The molecule has 0 radical (unpaired) electrons. The minimum Gasteiger partial charge on any atom is -0.382 e. The van der Waals surface area contributed by atoms with Crippen LogP contribution in [0.1, 0.15) is 29.3 Å². The Morgan fingerprint density at radius 2 is 2.24 bits per heavy atom. The summed E-state index contributed by atoms with van der Waals surface area (Å²) < 4.78 is 6.03. The smallest absolute Gasteiger partial charge is 0.252 e. The average Bonchev–Trinajstić information content (AvgIpc) is 2.32. The SMILES string of the molecule is CCOCCCNC(=O)c1cc(C)ccc1Br. The Hall–Kier alpha value is -0.870. The van der Waals surface area contributed by atoms with Gasteiger partial charge < -0.3 is 10.1 Å². The molecule has 17 heavy (non-hydrogen) atoms. The zero-order valence-corrected chi connectivity index (χ0v) is 11.8. The van der Waals surface area contributed by atoms with Gasteiger partial charge in [0.2, 0.25) is 0 Å². The Kier molecular flexibility index (Phi) is 6.22. The van der Waals surface area contributed by atoms with E-state index in [1.165, 1.54) is 0 Å². The molecule has 1 N–H and O–H groups in total. The molecule has 3 nitrogen and oxygen atoms in total. The van der Waals surface area contributed by atoms with Crippen LogP contribution in [0.4, 0.5) is 0 Å². The fourth-order valence-corrected chi connectivity index (χ4v) is 1.86. The molecule has 0 aliphatic carbocycles. The molecular weight excluding hydrogens is 282 g/mol. The summed E-state index contributed by atoms with van der Waals surface area (Å²) in [4.78, 5) is 11.9. The van der Waals surface area contributed by atoms with Crippen molar-refractivity contribution in [2.45, 2.75) is 20.3 Å². The van der Waals surface area contributed by atoms with Crippen LogP contribution < -0.4 is 5.32 Å². The summed E-state index contributed by atoms with van der Waals surface area (Å²) in [5.41, 5.74) is 1.76. The van der Waals surface area contributed by atoms with Gasteiger partial charge in [0.05, 0.1) is 5.56 Å². The Labute approximate surface area is 111 Å². The minimum atomic E-state index is -0.0444. The lowest BCUT2D eigenvalue weighted by Gasteiger charge is -2.07. The fraction of sp³-hybridized carbons (Fsp3) is 0.462. The quantitative estimate of drug-likeness (QED) is 0.820. The van der Waals surface area contributed by atoms with Crippen molar-refractivity contribution in [1.82, 2.24) is 5.32 Å². The van der Waals surface area contributed by atoms with E-state index >= 15 is 0 Å². The van der Waals surface area contributed by atoms with Crippen LogP contribution in [-0.4, -0.2) is 25.7 Å². The molecule has 1 aromatic rings. The van der Waals surface area contributed by atoms with Crippen LogP contribution in [0.5, 0.6) is 0 Å². The number of amides is 1. The lowest BCUT2D eigenvalue weighted by molar-refractivity contribution is 0.0943. The van der Waals surface area contributed by atoms with Gasteiger partial charge in [-0.1, -0.05) is 11.6 Å². The third kappa shape index (κ3) is 4.88. The summed E-state index contributed by atoms with van der Waals surface area (Å²) in [5.74, 6) is -0.0444. The monoisotopic (exact) mass is 299 g/mol. The standard InChI is InChI=1S/C13H18BrNO2/c1-3-17-8-4-7-15-13(16)11-9-10(2)5-6-12(11)14/h5-6,9H,3-4,7-8H2,1-2H3,(H,15,16). The molecule has 0 bridgehead atoms. The summed E-state index contributed by atoms with van der Waals surface area (Å²) in [5, 5.41) is 2.88. The highest BCUT2D eigenvalue weighted by Gasteiger charge is 2.09. The van der Waals surface area contributed by atoms with E-state index in [1.807, 2.05) is 32.0 Å². The van der Waals surface area contributed by atoms with Crippen molar-refractivity contribution in [2.75, 3.05) is 19.8 Å². The van der Waals surface area contributed by atoms with Gasteiger partial charge in [-0.15, -0.1) is 0 Å². The summed E-state index contributed by atoms with van der Waals surface area (Å²) in [6.45, 7) is 5.98. The van der Waals surface area contributed by atoms with Gasteiger partial charge in [-0.2, -0.15) is 0 Å². The molecule has 1 rings (SSSR count). The number of rotatable bonds is 6. The lowest BCUT2D eigenvalue weighted by Crippen LogP contribution is -2.25. The summed E-state index contributed by atoms with van der Waals surface area (Å²) in [6, 6.07) is 5.74. The van der Waals surface area contributed by atoms with Crippen LogP contribution in [0, 0.1) is 6.92 Å². The van der Waals surface area contributed by atoms with Crippen molar-refractivity contribution < 1.29 is 9.53 Å². The van der Waals surface area contributed by atoms with Crippen LogP contribution in [0.2, 0.25) is 0 Å². The van der Waals surface area contributed by atoms with E-state index < -0.39 is 0 Å². The van der Waals surface area contributed by atoms with Crippen LogP contribution in [0.25, 0.3) is 0 Å². The largest absolute Gasteiger partial charge is 0.382 e. The molecule has 0 unspecified atom stereocenters. The minimum absolute atomic E-state index is 0.0444. The van der Waals surface area contributed by atoms with Crippen molar-refractivity contribution in [3.8, 4) is 0 Å². The van der Waals surface area contributed by atoms with E-state index in [4.69, 9.17) is 4.74 Å². The second kappa shape index (κ2) is 7.45. The molecule has 0 atom stereocenters. The molecule has 0 aliphatic rings. The van der Waals surface area contributed by atoms with E-state index in [1.54, 1.807) is 0 Å². The van der Waals surface area contributed by atoms with E-state index in [2.05, 4.69) is 21.2 Å². The lowest BCUT2D eigenvalue weighted by atomic mass is 10.1. The van der Waals surface area contributed by atoms with Crippen molar-refractivity contribution in [2.24, 2.45) is 0 Å². The Balaban J connectivity index is 2.44. The van der Waals surface area contributed by atoms with E-state index in [0.29, 0.717) is 18.7 Å². The normalized spacial score (nSPS) is 10.3. The van der Waals surface area contributed by atoms with Gasteiger partial charge in [-0.3, -0.25) is 4.79 Å². The van der Waals surface area contributed by atoms with Crippen LogP contribution in [0.15, 0.2) is 22.7 Å². The topological polar surface area (TPSA) is 38.3 Å². The molecule has 0 saturated heterocycles. The van der Waals surface area contributed by atoms with Crippen LogP contribution in [0.3, 0.4) is 0 Å². The first-order valence-corrected chi connectivity index (χ1v) is 6.56. The number of carbonyl (C=O) groups excluding carboxylic acids is 1. The zero-order valence-electron chi connectivity index (χ0n) is 10.3. The molecule has 0 aliphatic heterocycles. The molecular formula is C13H18BrNO2. The number of ether oxygens (including phenoxy) is 1. The van der Waals surface area contributed by atoms with Gasteiger partial charge in [0.1, 0.15) is 0 Å². The Morgan fingerprint density at radius 3 is 2.94 bits per heavy atom. The maximum atomic E-state index is 11.9. The number of benzene rings is 1. The average molecular weight is 300 g/mol. The van der Waals surface area contributed by atoms with Gasteiger partial charge in [-0.25, -0.2) is 0 Å². The number of aryl methyl sites for hydroxylation is 1. The number of halogens is 1. The fourth-order valence-electron chi connectivity index (χ4n) is 1.43. The summed E-state index contributed by atoms with van der Waals surface area (Å²) >= 11 is 3.38. The van der Waals surface area contributed by atoms with E-state index in [0.717, 1.165) is 23.1 Å². The predicted molar refractivity (Wildman–Crippen MR) is 72.3 cm³/mol. The number of hydrogen-bond donors (Lipinski definition) is 1. The summed E-state index contributed by atoms with van der Waals surface area (Å²) in [7, 11) is 0. The highest BCUT2D eigenvalue weighted by atomic mass is 79.9. The molecule has 94 valence electrons. The molecule has 1 amide bonds. The van der Waals surface area contributed by atoms with Gasteiger partial charge >= 0.3 is 0 Å². The Bertz CT molecular complexity index is 380. The second-order valence-corrected chi connectivity index (χ2v) is 4.64. The van der Waals surface area contributed by atoms with Crippen LogP contribution >= 0.6 is 15.9 Å². The van der Waals surface area contributed by atoms with E-state index in [9.17, 15) is 4.79 Å². The van der Waals surface area contributed by atoms with Crippen molar-refractivity contribution >= 4 is 21.8 Å². The number of nitrogens with one attached hydrogen (secondary N) is 1. The van der Waals surface area contributed by atoms with E-state index in [-0.39, 0.29) is 5.91 Å². The molecule has 0 aromatic heterocycles. The first-order valence-electron chi connectivity index (χ1n) is 5.77.